The Morgan fingerprint density at radius 1 is 1.32 bits per heavy atom. The van der Waals surface area contributed by atoms with E-state index >= 15 is 0 Å². The van der Waals surface area contributed by atoms with Crippen LogP contribution in [0.2, 0.25) is 5.02 Å². The van der Waals surface area contributed by atoms with Gasteiger partial charge in [-0.3, -0.25) is 4.79 Å². The van der Waals surface area contributed by atoms with Gasteiger partial charge in [-0.2, -0.15) is 5.10 Å². The Kier molecular flexibility index (Phi) is 4.11. The fraction of sp³-hybridized carbons (Fsp3) is 0.167. The molecule has 0 radical (unpaired) electrons. The number of pyridine rings is 1. The summed E-state index contributed by atoms with van der Waals surface area (Å²) in [5.74, 6) is 1.24. The van der Waals surface area contributed by atoms with Crippen LogP contribution in [0.3, 0.4) is 0 Å². The molecule has 1 aliphatic rings. The Bertz CT molecular complexity index is 911. The lowest BCUT2D eigenvalue weighted by Gasteiger charge is -2.13. The predicted molar refractivity (Wildman–Crippen MR) is 92.8 cm³/mol. The molecule has 3 aromatic rings. The van der Waals surface area contributed by atoms with E-state index in [0.29, 0.717) is 29.6 Å². The second-order valence-electron chi connectivity index (χ2n) is 5.72. The number of hydrogen-bond donors (Lipinski definition) is 1. The zero-order valence-electron chi connectivity index (χ0n) is 13.2. The third-order valence-corrected chi connectivity index (χ3v) is 4.27. The van der Waals surface area contributed by atoms with E-state index in [4.69, 9.17) is 16.3 Å². The van der Waals surface area contributed by atoms with Crippen molar-refractivity contribution in [3.63, 3.8) is 0 Å². The first-order valence-electron chi connectivity index (χ1n) is 7.87. The normalized spacial score (nSPS) is 15.5. The van der Waals surface area contributed by atoms with Crippen molar-refractivity contribution in [1.82, 2.24) is 20.1 Å². The van der Waals surface area contributed by atoms with Crippen LogP contribution < -0.4 is 10.1 Å². The van der Waals surface area contributed by atoms with Crippen molar-refractivity contribution in [2.45, 2.75) is 19.1 Å². The number of carbonyl (C=O) groups excluding carboxylic acids is 1. The monoisotopic (exact) mass is 354 g/mol. The lowest BCUT2D eigenvalue weighted by atomic mass is 10.1. The maximum absolute atomic E-state index is 12.5. The zero-order valence-corrected chi connectivity index (χ0v) is 14.0. The molecule has 1 aliphatic heterocycles. The maximum Gasteiger partial charge on any atom is 0.261 e. The largest absolute Gasteiger partial charge is 0.480 e. The van der Waals surface area contributed by atoms with Crippen molar-refractivity contribution in [3.05, 3.63) is 71.1 Å². The van der Waals surface area contributed by atoms with Gasteiger partial charge in [0, 0.05) is 42.1 Å². The fourth-order valence-corrected chi connectivity index (χ4v) is 3.02. The molecule has 0 bridgehead atoms. The summed E-state index contributed by atoms with van der Waals surface area (Å²) in [7, 11) is 0. The van der Waals surface area contributed by atoms with Gasteiger partial charge in [0.1, 0.15) is 5.75 Å². The highest BCUT2D eigenvalue weighted by Crippen LogP contribution is 2.31. The minimum atomic E-state index is -0.543. The van der Waals surface area contributed by atoms with Gasteiger partial charge in [-0.05, 0) is 35.9 Å². The number of amides is 1. The number of benzene rings is 1. The van der Waals surface area contributed by atoms with Crippen LogP contribution in [0.5, 0.6) is 5.75 Å². The molecule has 4 rings (SSSR count). The summed E-state index contributed by atoms with van der Waals surface area (Å²) in [6, 6.07) is 11.0. The smallest absolute Gasteiger partial charge is 0.261 e. The first kappa shape index (κ1) is 15.7. The highest BCUT2D eigenvalue weighted by atomic mass is 35.5. The third kappa shape index (κ3) is 3.21. The summed E-state index contributed by atoms with van der Waals surface area (Å²) in [6.07, 6.45) is 5.17. The third-order valence-electron chi connectivity index (χ3n) is 4.03. The minimum absolute atomic E-state index is 0.164. The lowest BCUT2D eigenvalue weighted by Crippen LogP contribution is -2.37. The van der Waals surface area contributed by atoms with Crippen LogP contribution in [-0.2, 0) is 17.8 Å². The second-order valence-corrected chi connectivity index (χ2v) is 6.15. The molecule has 0 fully saturated rings. The van der Waals surface area contributed by atoms with E-state index in [9.17, 15) is 4.79 Å². The number of hydrogen-bond acceptors (Lipinski definition) is 4. The maximum atomic E-state index is 12.5. The van der Waals surface area contributed by atoms with Crippen LogP contribution in [0.15, 0.2) is 55.0 Å². The van der Waals surface area contributed by atoms with Crippen molar-refractivity contribution < 1.29 is 9.53 Å². The van der Waals surface area contributed by atoms with Gasteiger partial charge in [0.2, 0.25) is 0 Å². The van der Waals surface area contributed by atoms with Crippen molar-refractivity contribution in [2.75, 3.05) is 0 Å². The highest BCUT2D eigenvalue weighted by molar-refractivity contribution is 6.30. The van der Waals surface area contributed by atoms with E-state index in [1.165, 1.54) is 0 Å². The predicted octanol–water partition coefficient (Wildman–Crippen LogP) is 2.54. The Morgan fingerprint density at radius 3 is 3.08 bits per heavy atom. The van der Waals surface area contributed by atoms with Gasteiger partial charge in [0.05, 0.1) is 0 Å². The standard InChI is InChI=1S/C18H15ClN4O2/c19-14-4-5-15-13(9-14)10-16(25-15)18(24)21-11-12-3-1-6-20-17(12)23-8-2-7-22-23/h1-9,16H,10-11H2,(H,21,24). The van der Waals surface area contributed by atoms with Crippen LogP contribution in [0.1, 0.15) is 11.1 Å². The topological polar surface area (TPSA) is 69.0 Å². The molecule has 1 amide bonds. The van der Waals surface area contributed by atoms with E-state index < -0.39 is 6.10 Å². The van der Waals surface area contributed by atoms with Gasteiger partial charge >= 0.3 is 0 Å². The van der Waals surface area contributed by atoms with E-state index in [-0.39, 0.29) is 5.91 Å². The lowest BCUT2D eigenvalue weighted by molar-refractivity contribution is -0.127. The molecule has 0 saturated heterocycles. The molecule has 126 valence electrons. The summed E-state index contributed by atoms with van der Waals surface area (Å²) in [5.41, 5.74) is 1.82. The molecular weight excluding hydrogens is 340 g/mol. The second kappa shape index (κ2) is 6.57. The molecule has 0 saturated carbocycles. The van der Waals surface area contributed by atoms with Crippen LogP contribution >= 0.6 is 11.6 Å². The number of ether oxygens (including phenoxy) is 1. The van der Waals surface area contributed by atoms with Crippen molar-refractivity contribution in [1.29, 1.82) is 0 Å². The van der Waals surface area contributed by atoms with Gasteiger partial charge in [-0.25, -0.2) is 9.67 Å². The quantitative estimate of drug-likeness (QED) is 0.781. The molecule has 2 aromatic heterocycles. The van der Waals surface area contributed by atoms with E-state index in [1.54, 1.807) is 29.2 Å². The molecule has 1 aromatic carbocycles. The molecular formula is C18H15ClN4O2. The minimum Gasteiger partial charge on any atom is -0.480 e. The van der Waals surface area contributed by atoms with E-state index in [1.807, 2.05) is 30.5 Å². The average molecular weight is 355 g/mol. The number of rotatable bonds is 4. The molecule has 1 N–H and O–H groups in total. The summed E-state index contributed by atoms with van der Waals surface area (Å²) < 4.78 is 7.38. The average Bonchev–Trinajstić information content (AvgIpc) is 3.29. The van der Waals surface area contributed by atoms with Crippen molar-refractivity contribution in [2.24, 2.45) is 0 Å². The number of nitrogens with zero attached hydrogens (tertiary/aromatic N) is 3. The molecule has 1 unspecified atom stereocenters. The Balaban J connectivity index is 1.44. The van der Waals surface area contributed by atoms with Crippen LogP contribution in [0.4, 0.5) is 0 Å². The fourth-order valence-electron chi connectivity index (χ4n) is 2.83. The summed E-state index contributed by atoms with van der Waals surface area (Å²) in [6.45, 7) is 0.346. The first-order valence-corrected chi connectivity index (χ1v) is 8.25. The molecule has 6 nitrogen and oxygen atoms in total. The summed E-state index contributed by atoms with van der Waals surface area (Å²) >= 11 is 5.99. The zero-order chi connectivity index (χ0) is 17.2. The van der Waals surface area contributed by atoms with Gasteiger partial charge in [-0.1, -0.05) is 17.7 Å². The highest BCUT2D eigenvalue weighted by Gasteiger charge is 2.29. The van der Waals surface area contributed by atoms with Gasteiger partial charge in [0.15, 0.2) is 11.9 Å². The molecule has 3 heterocycles. The van der Waals surface area contributed by atoms with Gasteiger partial charge in [0.25, 0.3) is 5.91 Å². The molecule has 1 atom stereocenters. The molecule has 0 aliphatic carbocycles. The first-order chi connectivity index (χ1) is 12.2. The Labute approximate surface area is 149 Å². The Hall–Kier alpha value is -2.86. The van der Waals surface area contributed by atoms with Crippen LogP contribution in [0.25, 0.3) is 5.82 Å². The molecule has 7 heteroatoms. The van der Waals surface area contributed by atoms with E-state index in [0.717, 1.165) is 11.1 Å². The summed E-state index contributed by atoms with van der Waals surface area (Å²) in [4.78, 5) is 16.8. The van der Waals surface area contributed by atoms with Gasteiger partial charge < -0.3 is 10.1 Å². The van der Waals surface area contributed by atoms with Gasteiger partial charge in [-0.15, -0.1) is 0 Å². The van der Waals surface area contributed by atoms with Crippen LogP contribution in [0, 0.1) is 0 Å². The molecule has 25 heavy (non-hydrogen) atoms. The van der Waals surface area contributed by atoms with Crippen molar-refractivity contribution >= 4 is 17.5 Å². The number of aromatic nitrogens is 3. The number of carbonyl (C=O) groups is 1. The molecule has 0 spiro atoms. The number of halogens is 1. The van der Waals surface area contributed by atoms with Crippen molar-refractivity contribution in [3.8, 4) is 11.6 Å². The van der Waals surface area contributed by atoms with E-state index in [2.05, 4.69) is 15.4 Å². The SMILES string of the molecule is O=C(NCc1cccnc1-n1cccn1)C1Cc2cc(Cl)ccc2O1. The Morgan fingerprint density at radius 2 is 2.24 bits per heavy atom. The van der Waals surface area contributed by atoms with Crippen LogP contribution in [-0.4, -0.2) is 26.8 Å². The summed E-state index contributed by atoms with van der Waals surface area (Å²) in [5, 5.41) is 7.75. The number of fused-ring (bicyclic) bond motifs is 1. The number of nitrogens with one attached hydrogen (secondary N) is 1.